The number of benzene rings is 1. The number of aromatic nitrogens is 2. The molecule has 5 nitrogen and oxygen atoms in total. The molecular weight excluding hydrogens is 314 g/mol. The van der Waals surface area contributed by atoms with Gasteiger partial charge in [0.25, 0.3) is 0 Å². The molecule has 0 unspecified atom stereocenters. The predicted molar refractivity (Wildman–Crippen MR) is 95.9 cm³/mol. The third kappa shape index (κ3) is 3.21. The van der Waals surface area contributed by atoms with Crippen molar-refractivity contribution in [1.29, 1.82) is 0 Å². The second-order valence-corrected chi connectivity index (χ2v) is 7.73. The van der Waals surface area contributed by atoms with E-state index in [1.54, 1.807) is 0 Å². The number of carboxylic acid groups (broad SMARTS) is 1. The maximum Gasteiger partial charge on any atom is 0.306 e. The molecule has 4 rings (SSSR count). The highest BCUT2D eigenvalue weighted by Crippen LogP contribution is 2.52. The van der Waals surface area contributed by atoms with Crippen molar-refractivity contribution in [3.63, 3.8) is 0 Å². The molecule has 0 amide bonds. The molecule has 1 aromatic heterocycles. The van der Waals surface area contributed by atoms with Crippen molar-refractivity contribution in [2.45, 2.75) is 32.2 Å². The lowest BCUT2D eigenvalue weighted by Gasteiger charge is -2.51. The van der Waals surface area contributed by atoms with Crippen molar-refractivity contribution in [2.24, 2.45) is 18.4 Å². The van der Waals surface area contributed by atoms with E-state index in [9.17, 15) is 4.79 Å². The average Bonchev–Trinajstić information content (AvgIpc) is 2.95. The van der Waals surface area contributed by atoms with E-state index in [0.717, 1.165) is 56.6 Å². The largest absolute Gasteiger partial charge is 0.481 e. The van der Waals surface area contributed by atoms with E-state index in [-0.39, 0.29) is 5.92 Å². The molecular formula is C20H25N3O2. The number of nitrogens with zero attached hydrogens (tertiary/aromatic N) is 3. The Morgan fingerprint density at radius 2 is 1.92 bits per heavy atom. The van der Waals surface area contributed by atoms with Gasteiger partial charge in [0, 0.05) is 19.2 Å². The number of aryl methyl sites for hydroxylation is 1. The minimum atomic E-state index is -0.614. The summed E-state index contributed by atoms with van der Waals surface area (Å²) < 4.78 is 1.98. The minimum absolute atomic E-state index is 0.0999. The molecule has 1 spiro atoms. The van der Waals surface area contributed by atoms with Gasteiger partial charge in [-0.05, 0) is 50.3 Å². The van der Waals surface area contributed by atoms with Gasteiger partial charge in [0.1, 0.15) is 0 Å². The van der Waals surface area contributed by atoms with Crippen LogP contribution in [0.5, 0.6) is 0 Å². The zero-order chi connectivity index (χ0) is 17.4. The van der Waals surface area contributed by atoms with Crippen molar-refractivity contribution in [3.05, 3.63) is 42.1 Å². The smallest absolute Gasteiger partial charge is 0.306 e. The van der Waals surface area contributed by atoms with Gasteiger partial charge in [-0.3, -0.25) is 14.4 Å². The number of carboxylic acids is 1. The van der Waals surface area contributed by atoms with Crippen LogP contribution < -0.4 is 0 Å². The molecule has 5 heteroatoms. The number of hydrogen-bond acceptors (Lipinski definition) is 3. The van der Waals surface area contributed by atoms with Crippen molar-refractivity contribution < 1.29 is 9.90 Å². The first-order chi connectivity index (χ1) is 12.0. The van der Waals surface area contributed by atoms with E-state index in [1.165, 1.54) is 5.69 Å². The number of piperidine rings is 1. The molecule has 2 aromatic rings. The van der Waals surface area contributed by atoms with Crippen LogP contribution in [0.25, 0.3) is 11.3 Å². The Hall–Kier alpha value is -2.14. The molecule has 25 heavy (non-hydrogen) atoms. The third-order valence-corrected chi connectivity index (χ3v) is 6.06. The van der Waals surface area contributed by atoms with Crippen LogP contribution in [0, 0.1) is 11.3 Å². The summed E-state index contributed by atoms with van der Waals surface area (Å²) in [6.45, 7) is 3.02. The molecule has 2 aliphatic rings. The topological polar surface area (TPSA) is 58.4 Å². The molecule has 132 valence electrons. The summed E-state index contributed by atoms with van der Waals surface area (Å²) in [6, 6.07) is 12.5. The second kappa shape index (κ2) is 6.30. The van der Waals surface area contributed by atoms with Gasteiger partial charge in [-0.15, -0.1) is 0 Å². The number of rotatable bonds is 4. The molecule has 1 aromatic carbocycles. The number of hydrogen-bond donors (Lipinski definition) is 1. The normalized spacial score (nSPS) is 20.5. The minimum Gasteiger partial charge on any atom is -0.481 e. The van der Waals surface area contributed by atoms with Crippen molar-refractivity contribution >= 4 is 5.97 Å². The molecule has 1 aliphatic carbocycles. The van der Waals surface area contributed by atoms with E-state index >= 15 is 0 Å². The number of likely N-dealkylation sites (tertiary alicyclic amines) is 1. The number of carbonyl (C=O) groups is 1. The van der Waals surface area contributed by atoms with Crippen LogP contribution in [-0.4, -0.2) is 38.8 Å². The number of aliphatic carboxylic acids is 1. The fraction of sp³-hybridized carbons (Fsp3) is 0.500. The SMILES string of the molecule is Cn1nc(-c2ccccc2)cc1CN1CCC2(CC1)CC(C(=O)O)C2. The Morgan fingerprint density at radius 3 is 2.56 bits per heavy atom. The molecule has 0 radical (unpaired) electrons. The molecule has 1 N–H and O–H groups in total. The molecule has 2 fully saturated rings. The monoisotopic (exact) mass is 339 g/mol. The highest BCUT2D eigenvalue weighted by molar-refractivity contribution is 5.71. The molecule has 1 saturated heterocycles. The molecule has 0 bridgehead atoms. The highest BCUT2D eigenvalue weighted by atomic mass is 16.4. The molecule has 1 saturated carbocycles. The summed E-state index contributed by atoms with van der Waals surface area (Å²) in [4.78, 5) is 13.5. The predicted octanol–water partition coefficient (Wildman–Crippen LogP) is 3.16. The standard InChI is InChI=1S/C20H25N3O2/c1-22-17(11-18(21-22)15-5-3-2-4-6-15)14-23-9-7-20(8-10-23)12-16(13-20)19(24)25/h2-6,11,16H,7-10,12-14H2,1H3,(H,24,25). The fourth-order valence-electron chi connectivity index (χ4n) is 4.39. The van der Waals surface area contributed by atoms with Crippen LogP contribution in [-0.2, 0) is 18.4 Å². The van der Waals surface area contributed by atoms with Gasteiger partial charge >= 0.3 is 5.97 Å². The van der Waals surface area contributed by atoms with E-state index < -0.39 is 5.97 Å². The van der Waals surface area contributed by atoms with Crippen LogP contribution in [0.1, 0.15) is 31.4 Å². The van der Waals surface area contributed by atoms with Crippen molar-refractivity contribution in [3.8, 4) is 11.3 Å². The van der Waals surface area contributed by atoms with E-state index in [1.807, 2.05) is 29.9 Å². The van der Waals surface area contributed by atoms with Gasteiger partial charge in [-0.25, -0.2) is 0 Å². The Kier molecular flexibility index (Phi) is 4.12. The lowest BCUT2D eigenvalue weighted by Crippen LogP contribution is -2.48. The van der Waals surface area contributed by atoms with E-state index in [2.05, 4.69) is 28.2 Å². The summed E-state index contributed by atoms with van der Waals surface area (Å²) in [5, 5.41) is 13.8. The maximum absolute atomic E-state index is 11.0. The van der Waals surface area contributed by atoms with Gasteiger partial charge in [0.05, 0.1) is 17.3 Å². The van der Waals surface area contributed by atoms with Gasteiger partial charge in [-0.2, -0.15) is 5.10 Å². The van der Waals surface area contributed by atoms with E-state index in [4.69, 9.17) is 5.11 Å². The first-order valence-electron chi connectivity index (χ1n) is 9.08. The second-order valence-electron chi connectivity index (χ2n) is 7.73. The third-order valence-electron chi connectivity index (χ3n) is 6.06. The van der Waals surface area contributed by atoms with Crippen molar-refractivity contribution in [2.75, 3.05) is 13.1 Å². The zero-order valence-electron chi connectivity index (χ0n) is 14.7. The maximum atomic E-state index is 11.0. The first kappa shape index (κ1) is 16.3. The van der Waals surface area contributed by atoms with Gasteiger partial charge in [0.2, 0.25) is 0 Å². The van der Waals surface area contributed by atoms with Crippen LogP contribution in [0.15, 0.2) is 36.4 Å². The lowest BCUT2D eigenvalue weighted by atomic mass is 9.57. The van der Waals surface area contributed by atoms with Crippen LogP contribution in [0.4, 0.5) is 0 Å². The summed E-state index contributed by atoms with van der Waals surface area (Å²) in [7, 11) is 2.01. The van der Waals surface area contributed by atoms with E-state index in [0.29, 0.717) is 5.41 Å². The first-order valence-corrected chi connectivity index (χ1v) is 9.08. The van der Waals surface area contributed by atoms with Crippen LogP contribution in [0.3, 0.4) is 0 Å². The summed E-state index contributed by atoms with van der Waals surface area (Å²) in [5.41, 5.74) is 3.71. The Labute approximate surface area is 148 Å². The highest BCUT2D eigenvalue weighted by Gasteiger charge is 2.48. The van der Waals surface area contributed by atoms with Gasteiger partial charge in [-0.1, -0.05) is 30.3 Å². The quantitative estimate of drug-likeness (QED) is 0.929. The van der Waals surface area contributed by atoms with Crippen LogP contribution >= 0.6 is 0 Å². The molecule has 0 atom stereocenters. The molecule has 2 heterocycles. The van der Waals surface area contributed by atoms with Crippen LogP contribution in [0.2, 0.25) is 0 Å². The Balaban J connectivity index is 1.36. The summed E-state index contributed by atoms with van der Waals surface area (Å²) in [5.74, 6) is -0.714. The fourth-order valence-corrected chi connectivity index (χ4v) is 4.39. The Bertz CT molecular complexity index is 753. The average molecular weight is 339 g/mol. The van der Waals surface area contributed by atoms with Gasteiger partial charge in [0.15, 0.2) is 0 Å². The Morgan fingerprint density at radius 1 is 1.24 bits per heavy atom. The zero-order valence-corrected chi connectivity index (χ0v) is 14.7. The molecule has 1 aliphatic heterocycles. The van der Waals surface area contributed by atoms with Gasteiger partial charge < -0.3 is 5.11 Å². The summed E-state index contributed by atoms with van der Waals surface area (Å²) >= 11 is 0. The lowest BCUT2D eigenvalue weighted by molar-refractivity contribution is -0.152. The summed E-state index contributed by atoms with van der Waals surface area (Å²) in [6.07, 6.45) is 4.00. The van der Waals surface area contributed by atoms with Crippen molar-refractivity contribution in [1.82, 2.24) is 14.7 Å².